The van der Waals surface area contributed by atoms with Crippen LogP contribution in [-0.4, -0.2) is 74.9 Å². The maximum Gasteiger partial charge on any atom is 0.472 e. The quantitative estimate of drug-likeness (QED) is 0.0211. The standard InChI is InChI=1S/C69H126NO8P/c1-6-8-10-12-14-16-18-20-22-24-25-26-27-28-29-30-31-32-33-34-35-36-37-38-39-40-41-42-43-44-45-46-48-50-52-54-56-58-60-62-69(72)78-67(66-77-79(73,74)76-64-63-70(3,4)5)65-75-68(71)61-59-57-55-53-51-49-47-23-21-19-17-15-13-11-9-7-2/h8,10,14,16,20,22-23,25-26,28-29,47,67H,6-7,9,11-13,15,17-19,21,24,27,30-46,48-66H2,1-5H3/p+1/b10-8-,16-14-,22-20-,26-25-,29-28-,47-23-. The first-order valence-corrected chi connectivity index (χ1v) is 34.7. The molecule has 0 fully saturated rings. The molecular weight excluding hydrogens is 1000 g/mol. The number of phosphoric acid groups is 1. The second kappa shape index (κ2) is 60.1. The summed E-state index contributed by atoms with van der Waals surface area (Å²) >= 11 is 0. The first-order valence-electron chi connectivity index (χ1n) is 33.2. The predicted octanol–water partition coefficient (Wildman–Crippen LogP) is 21.2. The summed E-state index contributed by atoms with van der Waals surface area (Å²) in [7, 11) is 1.48. The number of nitrogens with zero attached hydrogens (tertiary/aromatic N) is 1. The lowest BCUT2D eigenvalue weighted by atomic mass is 10.0. The van der Waals surface area contributed by atoms with Gasteiger partial charge in [0.05, 0.1) is 27.7 Å². The monoisotopic (exact) mass is 1130 g/mol. The summed E-state index contributed by atoms with van der Waals surface area (Å²) in [4.78, 5) is 35.7. The van der Waals surface area contributed by atoms with Gasteiger partial charge in [-0.1, -0.05) is 279 Å². The number of carbonyl (C=O) groups is 2. The lowest BCUT2D eigenvalue weighted by Crippen LogP contribution is -2.37. The van der Waals surface area contributed by atoms with E-state index in [9.17, 15) is 19.0 Å². The second-order valence-electron chi connectivity index (χ2n) is 23.5. The Labute approximate surface area is 489 Å². The van der Waals surface area contributed by atoms with Crippen LogP contribution in [0.1, 0.15) is 303 Å². The third-order valence-electron chi connectivity index (χ3n) is 14.5. The van der Waals surface area contributed by atoms with Crippen LogP contribution < -0.4 is 0 Å². The molecule has 10 heteroatoms. The van der Waals surface area contributed by atoms with Crippen molar-refractivity contribution >= 4 is 19.8 Å². The fourth-order valence-electron chi connectivity index (χ4n) is 9.39. The number of esters is 2. The van der Waals surface area contributed by atoms with Crippen molar-refractivity contribution in [2.24, 2.45) is 0 Å². The minimum absolute atomic E-state index is 0.0311. The Morgan fingerprint density at radius 3 is 1.09 bits per heavy atom. The van der Waals surface area contributed by atoms with Crippen LogP contribution in [0.5, 0.6) is 0 Å². The van der Waals surface area contributed by atoms with E-state index in [-0.39, 0.29) is 32.0 Å². The molecule has 9 nitrogen and oxygen atoms in total. The lowest BCUT2D eigenvalue weighted by Gasteiger charge is -2.24. The second-order valence-corrected chi connectivity index (χ2v) is 24.9. The number of carbonyl (C=O) groups excluding carboxylic acids is 2. The minimum Gasteiger partial charge on any atom is -0.462 e. The van der Waals surface area contributed by atoms with E-state index in [1.807, 2.05) is 21.1 Å². The molecule has 0 aromatic carbocycles. The van der Waals surface area contributed by atoms with E-state index >= 15 is 0 Å². The number of rotatable bonds is 61. The van der Waals surface area contributed by atoms with E-state index in [2.05, 4.69) is 86.8 Å². The van der Waals surface area contributed by atoms with Gasteiger partial charge < -0.3 is 18.9 Å². The average molecular weight is 1130 g/mol. The van der Waals surface area contributed by atoms with Gasteiger partial charge in [0.25, 0.3) is 0 Å². The number of phosphoric ester groups is 1. The van der Waals surface area contributed by atoms with Gasteiger partial charge in [0.1, 0.15) is 19.8 Å². The van der Waals surface area contributed by atoms with Crippen molar-refractivity contribution in [2.45, 2.75) is 309 Å². The van der Waals surface area contributed by atoms with Crippen LogP contribution in [0.4, 0.5) is 0 Å². The highest BCUT2D eigenvalue weighted by molar-refractivity contribution is 7.47. The first kappa shape index (κ1) is 76.5. The van der Waals surface area contributed by atoms with Crippen LogP contribution in [0, 0.1) is 0 Å². The van der Waals surface area contributed by atoms with Crippen LogP contribution in [-0.2, 0) is 32.7 Å². The largest absolute Gasteiger partial charge is 0.472 e. The maximum atomic E-state index is 12.8. The number of likely N-dealkylation sites (N-methyl/N-ethyl adjacent to an activating group) is 1. The van der Waals surface area contributed by atoms with Gasteiger partial charge in [0, 0.05) is 12.8 Å². The minimum atomic E-state index is -4.39. The van der Waals surface area contributed by atoms with Crippen molar-refractivity contribution in [3.05, 3.63) is 72.9 Å². The smallest absolute Gasteiger partial charge is 0.462 e. The Balaban J connectivity index is 3.93. The van der Waals surface area contributed by atoms with Gasteiger partial charge in [0.2, 0.25) is 0 Å². The molecule has 0 heterocycles. The Morgan fingerprint density at radius 2 is 0.722 bits per heavy atom. The van der Waals surface area contributed by atoms with Gasteiger partial charge in [-0.15, -0.1) is 0 Å². The number of hydrogen-bond donors (Lipinski definition) is 1. The lowest BCUT2D eigenvalue weighted by molar-refractivity contribution is -0.870. The normalized spacial score (nSPS) is 13.6. The highest BCUT2D eigenvalue weighted by Gasteiger charge is 2.27. The van der Waals surface area contributed by atoms with Crippen LogP contribution in [0.25, 0.3) is 0 Å². The Bertz CT molecular complexity index is 1560. The van der Waals surface area contributed by atoms with Crippen molar-refractivity contribution in [3.63, 3.8) is 0 Å². The van der Waals surface area contributed by atoms with Crippen LogP contribution >= 0.6 is 7.82 Å². The van der Waals surface area contributed by atoms with E-state index in [0.717, 1.165) is 83.5 Å². The number of quaternary nitrogens is 1. The van der Waals surface area contributed by atoms with Crippen molar-refractivity contribution in [2.75, 3.05) is 47.5 Å². The van der Waals surface area contributed by atoms with Crippen LogP contribution in [0.3, 0.4) is 0 Å². The third kappa shape index (κ3) is 64.5. The molecule has 0 aromatic heterocycles. The molecule has 2 unspecified atom stereocenters. The highest BCUT2D eigenvalue weighted by Crippen LogP contribution is 2.43. The predicted molar refractivity (Wildman–Crippen MR) is 339 cm³/mol. The number of hydrogen-bond acceptors (Lipinski definition) is 7. The van der Waals surface area contributed by atoms with Crippen molar-refractivity contribution in [3.8, 4) is 0 Å². The van der Waals surface area contributed by atoms with Crippen LogP contribution in [0.15, 0.2) is 72.9 Å². The van der Waals surface area contributed by atoms with Crippen LogP contribution in [0.2, 0.25) is 0 Å². The highest BCUT2D eigenvalue weighted by atomic mass is 31.2. The van der Waals surface area contributed by atoms with Crippen molar-refractivity contribution in [1.29, 1.82) is 0 Å². The number of allylic oxidation sites excluding steroid dienone is 12. The fraction of sp³-hybridized carbons (Fsp3) is 0.797. The SMILES string of the molecule is CC/C=C\C/C=C\C/C=C\C/C=C\C/C=C\CCCCCCCCCCCCCCCCCCCCCCCCCC(=O)OC(COC(=O)CCCCCCC/C=C\CCCCCCCCC)COP(=O)(O)OCC[N+](C)(C)C. The zero-order chi connectivity index (χ0) is 57.7. The van der Waals surface area contributed by atoms with E-state index in [1.54, 1.807) is 0 Å². The third-order valence-corrected chi connectivity index (χ3v) is 15.5. The summed E-state index contributed by atoms with van der Waals surface area (Å²) < 4.78 is 34.6. The van der Waals surface area contributed by atoms with Gasteiger partial charge in [-0.25, -0.2) is 4.57 Å². The summed E-state index contributed by atoms with van der Waals surface area (Å²) in [5, 5.41) is 0. The zero-order valence-corrected chi connectivity index (χ0v) is 53.2. The summed E-state index contributed by atoms with van der Waals surface area (Å²) in [5.74, 6) is -0.795. The molecule has 0 saturated heterocycles. The number of unbranched alkanes of at least 4 members (excludes halogenated alkanes) is 35. The van der Waals surface area contributed by atoms with Crippen molar-refractivity contribution in [1.82, 2.24) is 0 Å². The molecule has 0 saturated carbocycles. The summed E-state index contributed by atoms with van der Waals surface area (Å²) in [6, 6.07) is 0. The average Bonchev–Trinajstić information content (AvgIpc) is 3.41. The summed E-state index contributed by atoms with van der Waals surface area (Å²) in [6.07, 6.45) is 80.1. The molecule has 2 atom stereocenters. The van der Waals surface area contributed by atoms with Gasteiger partial charge >= 0.3 is 19.8 Å². The molecule has 0 rings (SSSR count). The Hall–Kier alpha value is -2.55. The van der Waals surface area contributed by atoms with Gasteiger partial charge in [-0.3, -0.25) is 18.6 Å². The van der Waals surface area contributed by atoms with E-state index in [0.29, 0.717) is 17.4 Å². The molecule has 0 amide bonds. The molecule has 0 aliphatic rings. The molecule has 0 radical (unpaired) electrons. The first-order chi connectivity index (χ1) is 38.5. The molecule has 0 aromatic rings. The topological polar surface area (TPSA) is 108 Å². The van der Waals surface area contributed by atoms with Crippen molar-refractivity contribution < 1.29 is 42.1 Å². The van der Waals surface area contributed by atoms with Gasteiger partial charge in [-0.2, -0.15) is 0 Å². The Morgan fingerprint density at radius 1 is 0.405 bits per heavy atom. The fourth-order valence-corrected chi connectivity index (χ4v) is 10.1. The maximum absolute atomic E-state index is 12.8. The van der Waals surface area contributed by atoms with E-state index in [1.165, 1.54) is 186 Å². The molecule has 460 valence electrons. The van der Waals surface area contributed by atoms with Gasteiger partial charge in [0.15, 0.2) is 6.10 Å². The van der Waals surface area contributed by atoms with E-state index < -0.39 is 26.5 Å². The summed E-state index contributed by atoms with van der Waals surface area (Å²) in [6.45, 7) is 4.34. The van der Waals surface area contributed by atoms with Gasteiger partial charge in [-0.05, 0) is 83.5 Å². The number of ether oxygens (including phenoxy) is 2. The zero-order valence-electron chi connectivity index (χ0n) is 52.4. The molecule has 0 spiro atoms. The molecule has 0 aliphatic carbocycles. The molecule has 0 aliphatic heterocycles. The molecule has 1 N–H and O–H groups in total. The molecule has 0 bridgehead atoms. The molecule has 79 heavy (non-hydrogen) atoms. The Kier molecular flexibility index (Phi) is 58.1. The molecular formula is C69H127NO8P+. The van der Waals surface area contributed by atoms with E-state index in [4.69, 9.17) is 18.5 Å². The summed E-state index contributed by atoms with van der Waals surface area (Å²) in [5.41, 5.74) is 0.